The van der Waals surface area contributed by atoms with Crippen molar-refractivity contribution >= 4 is 11.9 Å². The van der Waals surface area contributed by atoms with E-state index < -0.39 is 12.1 Å². The normalized spacial score (nSPS) is 14.3. The van der Waals surface area contributed by atoms with Gasteiger partial charge in [-0.3, -0.25) is 4.79 Å². The van der Waals surface area contributed by atoms with Gasteiger partial charge in [-0.15, -0.1) is 0 Å². The summed E-state index contributed by atoms with van der Waals surface area (Å²) in [5, 5.41) is 0. The van der Waals surface area contributed by atoms with Crippen molar-refractivity contribution in [2.24, 2.45) is 0 Å². The molecule has 0 bridgehead atoms. The molecule has 0 fully saturated rings. The number of rotatable bonds is 5. The molecule has 0 N–H and O–H groups in total. The minimum Gasteiger partial charge on any atom is -0.482 e. The average molecular weight is 367 g/mol. The molecule has 0 aromatic heterocycles. The topological polar surface area (TPSA) is 55.8 Å². The van der Waals surface area contributed by atoms with Crippen LogP contribution < -0.4 is 4.74 Å². The molecule has 2 aromatic rings. The predicted molar refractivity (Wildman–Crippen MR) is 103 cm³/mol. The van der Waals surface area contributed by atoms with Gasteiger partial charge in [0.25, 0.3) is 5.91 Å². The van der Waals surface area contributed by atoms with Crippen molar-refractivity contribution in [2.75, 3.05) is 13.2 Å². The van der Waals surface area contributed by atoms with Crippen molar-refractivity contribution in [3.8, 4) is 5.75 Å². The SMILES string of the molecule is Cc1ccc(OCC(=O)O[C@@H](C)C(=O)N2CCc3ccccc3C2)c(C)c1. The van der Waals surface area contributed by atoms with Crippen LogP contribution in [0.1, 0.15) is 29.2 Å². The van der Waals surface area contributed by atoms with Crippen LogP contribution in [-0.2, 0) is 27.3 Å². The zero-order valence-electron chi connectivity index (χ0n) is 16.0. The van der Waals surface area contributed by atoms with Gasteiger partial charge >= 0.3 is 5.97 Å². The van der Waals surface area contributed by atoms with Crippen LogP contribution in [0.5, 0.6) is 5.75 Å². The van der Waals surface area contributed by atoms with Crippen molar-refractivity contribution in [2.45, 2.75) is 39.8 Å². The van der Waals surface area contributed by atoms with Gasteiger partial charge in [-0.2, -0.15) is 0 Å². The number of aryl methyl sites for hydroxylation is 2. The van der Waals surface area contributed by atoms with Crippen molar-refractivity contribution in [3.63, 3.8) is 0 Å². The van der Waals surface area contributed by atoms with Crippen LogP contribution in [0.3, 0.4) is 0 Å². The predicted octanol–water partition coefficient (Wildman–Crippen LogP) is 3.20. The number of ether oxygens (including phenoxy) is 2. The Hall–Kier alpha value is -2.82. The molecule has 0 spiro atoms. The fourth-order valence-electron chi connectivity index (χ4n) is 3.32. The molecule has 1 amide bonds. The number of benzene rings is 2. The minimum absolute atomic E-state index is 0.177. The number of fused-ring (bicyclic) bond motifs is 1. The quantitative estimate of drug-likeness (QED) is 0.762. The first-order valence-corrected chi connectivity index (χ1v) is 9.19. The first kappa shape index (κ1) is 19.0. The largest absolute Gasteiger partial charge is 0.482 e. The maximum Gasteiger partial charge on any atom is 0.344 e. The molecule has 1 aliphatic rings. The van der Waals surface area contributed by atoms with E-state index >= 15 is 0 Å². The number of hydrogen-bond acceptors (Lipinski definition) is 4. The second-order valence-corrected chi connectivity index (χ2v) is 6.97. The maximum atomic E-state index is 12.6. The maximum absolute atomic E-state index is 12.6. The van der Waals surface area contributed by atoms with E-state index in [1.54, 1.807) is 11.8 Å². The van der Waals surface area contributed by atoms with Crippen LogP contribution in [0.4, 0.5) is 0 Å². The molecule has 0 unspecified atom stereocenters. The van der Waals surface area contributed by atoms with Gasteiger partial charge in [-0.25, -0.2) is 4.79 Å². The third kappa shape index (κ3) is 4.67. The van der Waals surface area contributed by atoms with Crippen LogP contribution in [0, 0.1) is 13.8 Å². The molecular formula is C22H25NO4. The summed E-state index contributed by atoms with van der Waals surface area (Å²) in [4.78, 5) is 26.4. The second-order valence-electron chi connectivity index (χ2n) is 6.97. The van der Waals surface area contributed by atoms with Gasteiger partial charge in [-0.1, -0.05) is 42.0 Å². The lowest BCUT2D eigenvalue weighted by atomic mass is 9.99. The number of carbonyl (C=O) groups excluding carboxylic acids is 2. The number of carbonyl (C=O) groups is 2. The van der Waals surface area contributed by atoms with E-state index in [9.17, 15) is 9.59 Å². The van der Waals surface area contributed by atoms with Gasteiger partial charge in [0.2, 0.25) is 0 Å². The molecule has 5 nitrogen and oxygen atoms in total. The van der Waals surface area contributed by atoms with E-state index in [-0.39, 0.29) is 12.5 Å². The molecule has 142 valence electrons. The molecule has 27 heavy (non-hydrogen) atoms. The van der Waals surface area contributed by atoms with E-state index in [1.165, 1.54) is 5.56 Å². The summed E-state index contributed by atoms with van der Waals surface area (Å²) >= 11 is 0. The van der Waals surface area contributed by atoms with Crippen LogP contribution in [0.15, 0.2) is 42.5 Å². The van der Waals surface area contributed by atoms with Crippen LogP contribution >= 0.6 is 0 Å². The summed E-state index contributed by atoms with van der Waals surface area (Å²) < 4.78 is 10.8. The fourth-order valence-corrected chi connectivity index (χ4v) is 3.32. The molecule has 1 atom stereocenters. The summed E-state index contributed by atoms with van der Waals surface area (Å²) in [5.41, 5.74) is 4.51. The number of amides is 1. The Kier molecular flexibility index (Phi) is 5.79. The standard InChI is InChI=1S/C22H25NO4/c1-15-8-9-20(16(2)12-15)26-14-21(24)27-17(3)22(25)23-11-10-18-6-4-5-7-19(18)13-23/h4-9,12,17H,10-11,13-14H2,1-3H3/t17-/m0/s1. The highest BCUT2D eigenvalue weighted by Crippen LogP contribution is 2.20. The Labute approximate surface area is 159 Å². The lowest BCUT2D eigenvalue weighted by Crippen LogP contribution is -2.43. The van der Waals surface area contributed by atoms with Gasteiger partial charge in [0, 0.05) is 13.1 Å². The third-order valence-electron chi connectivity index (χ3n) is 4.77. The summed E-state index contributed by atoms with van der Waals surface area (Å²) in [5.74, 6) is -0.0817. The van der Waals surface area contributed by atoms with Crippen LogP contribution in [0.2, 0.25) is 0 Å². The first-order valence-electron chi connectivity index (χ1n) is 9.19. The van der Waals surface area contributed by atoms with E-state index in [2.05, 4.69) is 6.07 Å². The van der Waals surface area contributed by atoms with Gasteiger partial charge in [-0.05, 0) is 49.9 Å². The molecule has 5 heteroatoms. The number of esters is 1. The van der Waals surface area contributed by atoms with Crippen molar-refractivity contribution in [1.82, 2.24) is 4.90 Å². The zero-order valence-corrected chi connectivity index (χ0v) is 16.0. The monoisotopic (exact) mass is 367 g/mol. The van der Waals surface area contributed by atoms with Gasteiger partial charge in [0.15, 0.2) is 12.7 Å². The highest BCUT2D eigenvalue weighted by atomic mass is 16.6. The fraction of sp³-hybridized carbons (Fsp3) is 0.364. The lowest BCUT2D eigenvalue weighted by Gasteiger charge is -2.30. The minimum atomic E-state index is -0.828. The average Bonchev–Trinajstić information content (AvgIpc) is 2.66. The smallest absolute Gasteiger partial charge is 0.344 e. The van der Waals surface area contributed by atoms with Crippen molar-refractivity contribution in [1.29, 1.82) is 0 Å². The molecule has 0 radical (unpaired) electrons. The van der Waals surface area contributed by atoms with E-state index in [0.29, 0.717) is 18.8 Å². The molecule has 3 rings (SSSR count). The summed E-state index contributed by atoms with van der Waals surface area (Å²) in [6, 6.07) is 13.8. The summed E-state index contributed by atoms with van der Waals surface area (Å²) in [6.07, 6.45) is -0.0104. The number of hydrogen-bond donors (Lipinski definition) is 0. The van der Waals surface area contributed by atoms with Gasteiger partial charge < -0.3 is 14.4 Å². The Morgan fingerprint density at radius 3 is 2.59 bits per heavy atom. The molecule has 0 aliphatic carbocycles. The molecule has 0 saturated heterocycles. The van der Waals surface area contributed by atoms with Crippen molar-refractivity contribution < 1.29 is 19.1 Å². The van der Waals surface area contributed by atoms with Gasteiger partial charge in [0.05, 0.1) is 0 Å². The molecule has 0 saturated carbocycles. The van der Waals surface area contributed by atoms with Crippen LogP contribution in [0.25, 0.3) is 0 Å². The highest BCUT2D eigenvalue weighted by molar-refractivity contribution is 5.84. The lowest BCUT2D eigenvalue weighted by molar-refractivity contribution is -0.161. The summed E-state index contributed by atoms with van der Waals surface area (Å²) in [7, 11) is 0. The Bertz CT molecular complexity index is 846. The Balaban J connectivity index is 1.51. The van der Waals surface area contributed by atoms with E-state index in [4.69, 9.17) is 9.47 Å². The zero-order chi connectivity index (χ0) is 19.4. The summed E-state index contributed by atoms with van der Waals surface area (Å²) in [6.45, 7) is 6.50. The second kappa shape index (κ2) is 8.25. The molecule has 1 heterocycles. The van der Waals surface area contributed by atoms with Crippen molar-refractivity contribution in [3.05, 3.63) is 64.7 Å². The first-order chi connectivity index (χ1) is 12.9. The van der Waals surface area contributed by atoms with E-state index in [1.807, 2.05) is 50.2 Å². The van der Waals surface area contributed by atoms with Crippen LogP contribution in [-0.4, -0.2) is 36.0 Å². The Morgan fingerprint density at radius 2 is 1.85 bits per heavy atom. The third-order valence-corrected chi connectivity index (χ3v) is 4.77. The highest BCUT2D eigenvalue weighted by Gasteiger charge is 2.27. The number of nitrogens with zero attached hydrogens (tertiary/aromatic N) is 1. The molecule has 1 aliphatic heterocycles. The van der Waals surface area contributed by atoms with E-state index in [0.717, 1.165) is 23.1 Å². The molecular weight excluding hydrogens is 342 g/mol. The molecule has 2 aromatic carbocycles. The van der Waals surface area contributed by atoms with Gasteiger partial charge in [0.1, 0.15) is 5.75 Å². The Morgan fingerprint density at radius 1 is 1.11 bits per heavy atom.